The van der Waals surface area contributed by atoms with E-state index < -0.39 is 0 Å². The molecule has 0 amide bonds. The maximum atomic E-state index is 5.39. The molecule has 0 spiro atoms. The molecule has 3 nitrogen and oxygen atoms in total. The summed E-state index contributed by atoms with van der Waals surface area (Å²) in [5.41, 5.74) is 1.15. The third kappa shape index (κ3) is 4.91. The van der Waals surface area contributed by atoms with Crippen molar-refractivity contribution in [2.24, 2.45) is 0 Å². The third-order valence-electron chi connectivity index (χ3n) is 2.41. The molecule has 1 unspecified atom stereocenters. The van der Waals surface area contributed by atoms with Gasteiger partial charge in [0.2, 0.25) is 0 Å². The van der Waals surface area contributed by atoms with Gasteiger partial charge in [0.15, 0.2) is 0 Å². The number of nitrogens with zero attached hydrogens (tertiary/aromatic N) is 1. The van der Waals surface area contributed by atoms with Gasteiger partial charge in [0, 0.05) is 24.5 Å². The predicted molar refractivity (Wildman–Crippen MR) is 61.9 cm³/mol. The predicted octanol–water partition coefficient (Wildman–Crippen LogP) is 1.64. The van der Waals surface area contributed by atoms with E-state index in [1.54, 1.807) is 0 Å². The number of likely N-dealkylation sites (N-methyl/N-ethyl adjacent to an activating group) is 1. The summed E-state index contributed by atoms with van der Waals surface area (Å²) in [6, 6.07) is 6.46. The van der Waals surface area contributed by atoms with Crippen LogP contribution in [0.5, 0.6) is 0 Å². The average molecular weight is 208 g/mol. The van der Waals surface area contributed by atoms with Crippen LogP contribution in [0.15, 0.2) is 24.4 Å². The summed E-state index contributed by atoms with van der Waals surface area (Å²) >= 11 is 0. The molecule has 0 aliphatic rings. The zero-order valence-electron chi connectivity index (χ0n) is 9.57. The molecule has 1 aromatic heterocycles. The van der Waals surface area contributed by atoms with E-state index in [0.717, 1.165) is 31.7 Å². The Balaban J connectivity index is 2.28. The van der Waals surface area contributed by atoms with Gasteiger partial charge in [-0.25, -0.2) is 0 Å². The van der Waals surface area contributed by atoms with E-state index in [1.165, 1.54) is 0 Å². The highest BCUT2D eigenvalue weighted by atomic mass is 16.5. The normalized spacial score (nSPS) is 12.7. The summed E-state index contributed by atoms with van der Waals surface area (Å²) in [7, 11) is 1.97. The van der Waals surface area contributed by atoms with E-state index in [-0.39, 0.29) is 0 Å². The van der Waals surface area contributed by atoms with E-state index in [2.05, 4.69) is 16.4 Å². The van der Waals surface area contributed by atoms with E-state index in [4.69, 9.17) is 4.74 Å². The summed E-state index contributed by atoms with van der Waals surface area (Å²) in [5, 5.41) is 3.25. The van der Waals surface area contributed by atoms with Crippen LogP contribution in [0, 0.1) is 0 Å². The molecule has 1 atom stereocenters. The average Bonchev–Trinajstić information content (AvgIpc) is 2.31. The maximum Gasteiger partial charge on any atom is 0.0619 e. The summed E-state index contributed by atoms with van der Waals surface area (Å²) in [6.45, 7) is 3.58. The molecule has 0 radical (unpaired) electrons. The number of rotatable bonds is 7. The second-order valence-electron chi connectivity index (χ2n) is 3.50. The topological polar surface area (TPSA) is 34.1 Å². The molecular weight excluding hydrogens is 188 g/mol. The first-order chi connectivity index (χ1) is 7.36. The SMILES string of the molecule is CCOCC(CCc1ccccn1)NC. The Kier molecular flexibility index (Phi) is 5.97. The lowest BCUT2D eigenvalue weighted by Crippen LogP contribution is -2.30. The van der Waals surface area contributed by atoms with Crippen molar-refractivity contribution in [3.63, 3.8) is 0 Å². The zero-order chi connectivity index (χ0) is 10.9. The van der Waals surface area contributed by atoms with Crippen LogP contribution >= 0.6 is 0 Å². The van der Waals surface area contributed by atoms with Crippen LogP contribution < -0.4 is 5.32 Å². The number of aromatic nitrogens is 1. The molecule has 0 saturated carbocycles. The molecule has 0 aliphatic heterocycles. The first-order valence-corrected chi connectivity index (χ1v) is 5.51. The minimum absolute atomic E-state index is 0.423. The second-order valence-corrected chi connectivity index (χ2v) is 3.50. The van der Waals surface area contributed by atoms with Crippen LogP contribution in [0.25, 0.3) is 0 Å². The lowest BCUT2D eigenvalue weighted by molar-refractivity contribution is 0.122. The van der Waals surface area contributed by atoms with Gasteiger partial charge in [-0.2, -0.15) is 0 Å². The van der Waals surface area contributed by atoms with Gasteiger partial charge in [-0.05, 0) is 38.9 Å². The number of hydrogen-bond donors (Lipinski definition) is 1. The molecule has 0 saturated heterocycles. The first kappa shape index (κ1) is 12.1. The van der Waals surface area contributed by atoms with Crippen LogP contribution in [0.2, 0.25) is 0 Å². The van der Waals surface area contributed by atoms with Crippen molar-refractivity contribution >= 4 is 0 Å². The maximum absolute atomic E-state index is 5.39. The Morgan fingerprint density at radius 3 is 2.93 bits per heavy atom. The lowest BCUT2D eigenvalue weighted by atomic mass is 10.1. The highest BCUT2D eigenvalue weighted by molar-refractivity contribution is 5.03. The van der Waals surface area contributed by atoms with E-state index >= 15 is 0 Å². The summed E-state index contributed by atoms with van der Waals surface area (Å²) < 4.78 is 5.39. The molecule has 0 fully saturated rings. The van der Waals surface area contributed by atoms with E-state index in [9.17, 15) is 0 Å². The van der Waals surface area contributed by atoms with Gasteiger partial charge in [-0.1, -0.05) is 6.07 Å². The monoisotopic (exact) mass is 208 g/mol. The molecule has 0 bridgehead atoms. The molecule has 84 valence electrons. The van der Waals surface area contributed by atoms with Crippen molar-refractivity contribution in [3.8, 4) is 0 Å². The van der Waals surface area contributed by atoms with Crippen LogP contribution in [0.1, 0.15) is 19.0 Å². The molecular formula is C12H20N2O. The van der Waals surface area contributed by atoms with Crippen LogP contribution in [0.4, 0.5) is 0 Å². The molecule has 1 aromatic rings. The Morgan fingerprint density at radius 1 is 1.47 bits per heavy atom. The van der Waals surface area contributed by atoms with E-state index in [0.29, 0.717) is 6.04 Å². The van der Waals surface area contributed by atoms with Crippen LogP contribution in [0.3, 0.4) is 0 Å². The minimum Gasteiger partial charge on any atom is -0.380 e. The Morgan fingerprint density at radius 2 is 2.33 bits per heavy atom. The molecule has 15 heavy (non-hydrogen) atoms. The summed E-state index contributed by atoms with van der Waals surface area (Å²) in [4.78, 5) is 4.30. The third-order valence-corrected chi connectivity index (χ3v) is 2.41. The summed E-state index contributed by atoms with van der Waals surface area (Å²) in [5.74, 6) is 0. The molecule has 1 heterocycles. The van der Waals surface area contributed by atoms with Gasteiger partial charge < -0.3 is 10.1 Å². The fraction of sp³-hybridized carbons (Fsp3) is 0.583. The highest BCUT2D eigenvalue weighted by Crippen LogP contribution is 2.02. The standard InChI is InChI=1S/C12H20N2O/c1-3-15-10-12(13-2)8-7-11-6-4-5-9-14-11/h4-6,9,12-13H,3,7-8,10H2,1-2H3. The van der Waals surface area contributed by atoms with Gasteiger partial charge in [0.1, 0.15) is 0 Å². The van der Waals surface area contributed by atoms with Crippen molar-refractivity contribution in [2.45, 2.75) is 25.8 Å². The Hall–Kier alpha value is -0.930. The molecule has 1 rings (SSSR count). The first-order valence-electron chi connectivity index (χ1n) is 5.51. The second kappa shape index (κ2) is 7.37. The van der Waals surface area contributed by atoms with Crippen LogP contribution in [-0.4, -0.2) is 31.3 Å². The Labute approximate surface area is 91.9 Å². The smallest absolute Gasteiger partial charge is 0.0619 e. The largest absolute Gasteiger partial charge is 0.380 e. The molecule has 3 heteroatoms. The van der Waals surface area contributed by atoms with Gasteiger partial charge in [-0.3, -0.25) is 4.98 Å². The quantitative estimate of drug-likeness (QED) is 0.739. The van der Waals surface area contributed by atoms with Gasteiger partial charge in [0.05, 0.1) is 6.61 Å². The minimum atomic E-state index is 0.423. The van der Waals surface area contributed by atoms with Crippen molar-refractivity contribution in [1.29, 1.82) is 0 Å². The number of aryl methyl sites for hydroxylation is 1. The van der Waals surface area contributed by atoms with Gasteiger partial charge >= 0.3 is 0 Å². The molecule has 0 aliphatic carbocycles. The number of pyridine rings is 1. The number of nitrogens with one attached hydrogen (secondary N) is 1. The zero-order valence-corrected chi connectivity index (χ0v) is 9.57. The van der Waals surface area contributed by atoms with Crippen molar-refractivity contribution < 1.29 is 4.74 Å². The number of ether oxygens (including phenoxy) is 1. The van der Waals surface area contributed by atoms with Crippen molar-refractivity contribution in [1.82, 2.24) is 10.3 Å². The van der Waals surface area contributed by atoms with Crippen molar-refractivity contribution in [2.75, 3.05) is 20.3 Å². The highest BCUT2D eigenvalue weighted by Gasteiger charge is 2.06. The van der Waals surface area contributed by atoms with E-state index in [1.807, 2.05) is 32.3 Å². The fourth-order valence-electron chi connectivity index (χ4n) is 1.44. The summed E-state index contributed by atoms with van der Waals surface area (Å²) in [6.07, 6.45) is 3.90. The molecule has 0 aromatic carbocycles. The molecule has 1 N–H and O–H groups in total. The number of hydrogen-bond acceptors (Lipinski definition) is 3. The van der Waals surface area contributed by atoms with Gasteiger partial charge in [0.25, 0.3) is 0 Å². The lowest BCUT2D eigenvalue weighted by Gasteiger charge is -2.15. The fourth-order valence-corrected chi connectivity index (χ4v) is 1.44. The van der Waals surface area contributed by atoms with Gasteiger partial charge in [-0.15, -0.1) is 0 Å². The van der Waals surface area contributed by atoms with Crippen molar-refractivity contribution in [3.05, 3.63) is 30.1 Å². The van der Waals surface area contributed by atoms with Crippen LogP contribution in [-0.2, 0) is 11.2 Å². The Bertz CT molecular complexity index is 251.